The van der Waals surface area contributed by atoms with Crippen molar-refractivity contribution in [3.05, 3.63) is 0 Å². The predicted octanol–water partition coefficient (Wildman–Crippen LogP) is 2.27. The monoisotopic (exact) mass is 298 g/mol. The van der Waals surface area contributed by atoms with Crippen LogP contribution in [0.3, 0.4) is 0 Å². The Balaban J connectivity index is 0.00000172. The smallest absolute Gasteiger partial charge is 0.422 e. The molecule has 1 saturated heterocycles. The van der Waals surface area contributed by atoms with Crippen LogP contribution in [0.2, 0.25) is 0 Å². The van der Waals surface area contributed by atoms with Gasteiger partial charge in [0, 0.05) is 19.6 Å². The first-order chi connectivity index (χ1) is 9.33. The lowest BCUT2D eigenvalue weighted by atomic mass is 10.3. The Morgan fingerprint density at radius 3 is 2.35 bits per heavy atom. The number of hydrogen-bond acceptors (Lipinski definition) is 3. The van der Waals surface area contributed by atoms with Gasteiger partial charge in [0.15, 0.2) is 6.61 Å². The fourth-order valence-corrected chi connectivity index (χ4v) is 1.61. The Morgan fingerprint density at radius 1 is 1.30 bits per heavy atom. The summed E-state index contributed by atoms with van der Waals surface area (Å²) < 4.78 is 39.6. The second-order valence-corrected chi connectivity index (χ2v) is 3.97. The van der Waals surface area contributed by atoms with E-state index in [9.17, 15) is 22.8 Å². The minimum Gasteiger partial charge on any atom is -0.440 e. The zero-order chi connectivity index (χ0) is 15.8. The van der Waals surface area contributed by atoms with E-state index in [0.717, 1.165) is 11.3 Å². The molecule has 5 nitrogen and oxygen atoms in total. The van der Waals surface area contributed by atoms with Gasteiger partial charge in [0.05, 0.1) is 0 Å². The molecule has 8 heteroatoms. The maximum absolute atomic E-state index is 11.9. The molecule has 1 aliphatic heterocycles. The second-order valence-electron chi connectivity index (χ2n) is 3.97. The third-order valence-electron chi connectivity index (χ3n) is 2.43. The molecule has 0 aromatic heterocycles. The van der Waals surface area contributed by atoms with Gasteiger partial charge in [-0.3, -0.25) is 9.69 Å². The van der Waals surface area contributed by atoms with E-state index in [0.29, 0.717) is 13.1 Å². The molecule has 0 aromatic rings. The minimum absolute atomic E-state index is 0.197. The van der Waals surface area contributed by atoms with Gasteiger partial charge in [-0.25, -0.2) is 4.79 Å². The van der Waals surface area contributed by atoms with Crippen LogP contribution >= 0.6 is 0 Å². The number of piperazine rings is 1. The van der Waals surface area contributed by atoms with Gasteiger partial charge in [0.1, 0.15) is 6.54 Å². The molecule has 0 atom stereocenters. The van der Waals surface area contributed by atoms with Gasteiger partial charge in [-0.1, -0.05) is 20.8 Å². The van der Waals surface area contributed by atoms with Crippen molar-refractivity contribution in [1.82, 2.24) is 9.80 Å². The van der Waals surface area contributed by atoms with E-state index < -0.39 is 18.9 Å². The summed E-state index contributed by atoms with van der Waals surface area (Å²) in [7, 11) is 0. The number of rotatable bonds is 3. The molecule has 0 spiro atoms. The molecule has 1 heterocycles. The Hall–Kier alpha value is -1.47. The summed E-state index contributed by atoms with van der Waals surface area (Å²) >= 11 is 0. The fourth-order valence-electron chi connectivity index (χ4n) is 1.61. The van der Waals surface area contributed by atoms with Crippen LogP contribution in [0, 0.1) is 0 Å². The normalized spacial score (nSPS) is 15.6. The zero-order valence-corrected chi connectivity index (χ0v) is 12.0. The lowest BCUT2D eigenvalue weighted by Gasteiger charge is -2.33. The summed E-state index contributed by atoms with van der Waals surface area (Å²) in [6.45, 7) is 5.17. The van der Waals surface area contributed by atoms with E-state index in [2.05, 4.69) is 4.74 Å². The molecule has 2 amide bonds. The molecule has 0 unspecified atom stereocenters. The largest absolute Gasteiger partial charge is 0.440 e. The van der Waals surface area contributed by atoms with Crippen molar-refractivity contribution in [2.24, 2.45) is 0 Å². The average molecular weight is 298 g/mol. The summed E-state index contributed by atoms with van der Waals surface area (Å²) in [6, 6.07) is 0. The maximum atomic E-state index is 11.9. The molecule has 118 valence electrons. The van der Waals surface area contributed by atoms with Crippen molar-refractivity contribution >= 4 is 12.0 Å². The highest BCUT2D eigenvalue weighted by molar-refractivity contribution is 5.83. The van der Waals surface area contributed by atoms with Crippen molar-refractivity contribution in [1.29, 1.82) is 0 Å². The first kappa shape index (κ1) is 18.5. The molecular formula is C12H21F3N2O3. The Kier molecular flexibility index (Phi) is 8.02. The van der Waals surface area contributed by atoms with Gasteiger partial charge in [-0.2, -0.15) is 13.2 Å². The number of ether oxygens (including phenoxy) is 1. The third-order valence-corrected chi connectivity index (χ3v) is 2.43. The maximum Gasteiger partial charge on any atom is 0.422 e. The van der Waals surface area contributed by atoms with Gasteiger partial charge in [-0.15, -0.1) is 0 Å². The lowest BCUT2D eigenvalue weighted by molar-refractivity contribution is -0.163. The van der Waals surface area contributed by atoms with Crippen LogP contribution < -0.4 is 0 Å². The number of hydrogen-bond donors (Lipinski definition) is 0. The van der Waals surface area contributed by atoms with E-state index in [1.54, 1.807) is 4.90 Å². The van der Waals surface area contributed by atoms with Crippen molar-refractivity contribution in [2.45, 2.75) is 33.4 Å². The predicted molar refractivity (Wildman–Crippen MR) is 67.2 cm³/mol. The summed E-state index contributed by atoms with van der Waals surface area (Å²) in [5, 5.41) is 0. The quantitative estimate of drug-likeness (QED) is 0.803. The molecule has 20 heavy (non-hydrogen) atoms. The van der Waals surface area contributed by atoms with Crippen LogP contribution in [0.1, 0.15) is 27.2 Å². The Bertz CT molecular complexity index is 322. The van der Waals surface area contributed by atoms with Gasteiger partial charge in [-0.05, 0) is 6.42 Å². The van der Waals surface area contributed by atoms with Crippen molar-refractivity contribution < 1.29 is 27.5 Å². The van der Waals surface area contributed by atoms with Crippen LogP contribution in [0.25, 0.3) is 0 Å². The van der Waals surface area contributed by atoms with E-state index in [4.69, 9.17) is 0 Å². The van der Waals surface area contributed by atoms with Crippen LogP contribution in [0.15, 0.2) is 0 Å². The molecule has 0 bridgehead atoms. The van der Waals surface area contributed by atoms with Crippen molar-refractivity contribution in [3.63, 3.8) is 0 Å². The summed E-state index contributed by atoms with van der Waals surface area (Å²) in [4.78, 5) is 25.4. The van der Waals surface area contributed by atoms with Gasteiger partial charge >= 0.3 is 12.3 Å². The van der Waals surface area contributed by atoms with E-state index in [1.165, 1.54) is 0 Å². The van der Waals surface area contributed by atoms with E-state index >= 15 is 0 Å². The number of alkyl halides is 3. The molecule has 0 aliphatic carbocycles. The highest BCUT2D eigenvalue weighted by atomic mass is 19.4. The highest BCUT2D eigenvalue weighted by Crippen LogP contribution is 2.15. The Labute approximate surface area is 116 Å². The van der Waals surface area contributed by atoms with E-state index in [-0.39, 0.29) is 19.0 Å². The number of nitrogens with zero attached hydrogens (tertiary/aromatic N) is 2. The van der Waals surface area contributed by atoms with Crippen LogP contribution in [-0.4, -0.2) is 60.8 Å². The number of carbonyl (C=O) groups is 2. The molecule has 0 radical (unpaired) electrons. The third kappa shape index (κ3) is 6.63. The van der Waals surface area contributed by atoms with Gasteiger partial charge in [0.2, 0.25) is 5.91 Å². The molecule has 1 rings (SSSR count). The average Bonchev–Trinajstić information content (AvgIpc) is 2.40. The van der Waals surface area contributed by atoms with Gasteiger partial charge < -0.3 is 9.64 Å². The molecule has 1 fully saturated rings. The fraction of sp³-hybridized carbons (Fsp3) is 0.833. The molecule has 1 aliphatic rings. The zero-order valence-electron chi connectivity index (χ0n) is 12.0. The van der Waals surface area contributed by atoms with Gasteiger partial charge in [0.25, 0.3) is 0 Å². The van der Waals surface area contributed by atoms with Crippen molar-refractivity contribution in [3.8, 4) is 0 Å². The highest BCUT2D eigenvalue weighted by Gasteiger charge is 2.32. The van der Waals surface area contributed by atoms with Crippen molar-refractivity contribution in [2.75, 3.05) is 32.8 Å². The summed E-state index contributed by atoms with van der Waals surface area (Å²) in [5.74, 6) is -0.271. The first-order valence-electron chi connectivity index (χ1n) is 6.59. The summed E-state index contributed by atoms with van der Waals surface area (Å²) in [6.07, 6.45) is -4.86. The molecule has 0 N–H and O–H groups in total. The topological polar surface area (TPSA) is 49.9 Å². The van der Waals surface area contributed by atoms with Crippen LogP contribution in [0.5, 0.6) is 0 Å². The summed E-state index contributed by atoms with van der Waals surface area (Å²) in [5.41, 5.74) is 0. The van der Waals surface area contributed by atoms with E-state index in [1.807, 2.05) is 20.8 Å². The second kappa shape index (κ2) is 8.65. The van der Waals surface area contributed by atoms with Crippen LogP contribution in [-0.2, 0) is 9.53 Å². The number of halogens is 3. The Morgan fingerprint density at radius 2 is 1.90 bits per heavy atom. The first-order valence-corrected chi connectivity index (χ1v) is 6.59. The number of carbonyl (C=O) groups excluding carboxylic acids is 2. The SMILES string of the molecule is CC.CCCN1CCN(C(=O)OCC(F)(F)F)CC1=O. The molecular weight excluding hydrogens is 277 g/mol. The molecule has 0 saturated carbocycles. The molecule has 0 aromatic carbocycles. The lowest BCUT2D eigenvalue weighted by Crippen LogP contribution is -2.52. The van der Waals surface area contributed by atoms with Crippen LogP contribution in [0.4, 0.5) is 18.0 Å². The standard InChI is InChI=1S/C10H15F3N2O3.C2H6/c1-2-3-14-4-5-15(6-8(14)16)9(17)18-7-10(11,12)13;1-2/h2-7H2,1H3;1-2H3. The minimum atomic E-state index is -4.55. The number of amides is 2.